The van der Waals surface area contributed by atoms with Gasteiger partial charge in [0.2, 0.25) is 10.0 Å². The van der Waals surface area contributed by atoms with Crippen molar-refractivity contribution in [2.24, 2.45) is 11.3 Å². The molecule has 2 fully saturated rings. The van der Waals surface area contributed by atoms with Gasteiger partial charge < -0.3 is 0 Å². The van der Waals surface area contributed by atoms with Crippen LogP contribution < -0.4 is 0 Å². The second-order valence-electron chi connectivity index (χ2n) is 6.16. The molecule has 1 aliphatic carbocycles. The van der Waals surface area contributed by atoms with E-state index >= 15 is 0 Å². The molecule has 0 radical (unpaired) electrons. The summed E-state index contributed by atoms with van der Waals surface area (Å²) < 4.78 is 39.7. The van der Waals surface area contributed by atoms with Gasteiger partial charge in [-0.05, 0) is 30.2 Å². The monoisotopic (exact) mass is 284 g/mol. The molecule has 0 bridgehead atoms. The van der Waals surface area contributed by atoms with Crippen molar-refractivity contribution in [1.29, 1.82) is 0 Å². The van der Waals surface area contributed by atoms with Crippen LogP contribution in [0.5, 0.6) is 0 Å². The number of rotatable bonds is 3. The van der Waals surface area contributed by atoms with Gasteiger partial charge in [-0.3, -0.25) is 4.98 Å². The largest absolute Gasteiger partial charge is 0.260 e. The second-order valence-corrected chi connectivity index (χ2v) is 8.05. The number of hydrogen-bond acceptors (Lipinski definition) is 3. The average molecular weight is 284 g/mol. The summed E-state index contributed by atoms with van der Waals surface area (Å²) >= 11 is 0. The first-order valence-electron chi connectivity index (χ1n) is 6.45. The van der Waals surface area contributed by atoms with Crippen molar-refractivity contribution in [3.8, 4) is 0 Å². The first-order valence-corrected chi connectivity index (χ1v) is 7.89. The third-order valence-electron chi connectivity index (χ3n) is 4.03. The molecule has 1 atom stereocenters. The fourth-order valence-corrected chi connectivity index (χ4v) is 5.04. The Morgan fingerprint density at radius 2 is 2.05 bits per heavy atom. The number of nitrogens with zero attached hydrogens (tertiary/aromatic N) is 2. The summed E-state index contributed by atoms with van der Waals surface area (Å²) in [5.74, 6) is -0.163. The van der Waals surface area contributed by atoms with Gasteiger partial charge in [0.1, 0.15) is 10.7 Å². The van der Waals surface area contributed by atoms with Crippen LogP contribution in [0.25, 0.3) is 0 Å². The van der Waals surface area contributed by atoms with E-state index in [2.05, 4.69) is 18.8 Å². The van der Waals surface area contributed by atoms with E-state index < -0.39 is 15.8 Å². The van der Waals surface area contributed by atoms with Crippen LogP contribution in [0, 0.1) is 17.2 Å². The van der Waals surface area contributed by atoms with Crippen LogP contribution in [0.4, 0.5) is 4.39 Å². The zero-order valence-electron chi connectivity index (χ0n) is 11.0. The van der Waals surface area contributed by atoms with E-state index in [9.17, 15) is 12.8 Å². The number of halogens is 1. The molecule has 4 nitrogen and oxygen atoms in total. The van der Waals surface area contributed by atoms with Gasteiger partial charge in [0, 0.05) is 18.8 Å². The molecule has 0 amide bonds. The van der Waals surface area contributed by atoms with Crippen molar-refractivity contribution in [3.63, 3.8) is 0 Å². The zero-order chi connectivity index (χ0) is 13.8. The minimum atomic E-state index is -3.62. The molecule has 1 saturated carbocycles. The molecule has 0 aromatic carbocycles. The smallest absolute Gasteiger partial charge is 0.245 e. The first-order chi connectivity index (χ1) is 8.82. The molecule has 0 spiro atoms. The Balaban J connectivity index is 1.93. The number of pyridine rings is 1. The maximum Gasteiger partial charge on any atom is 0.245 e. The van der Waals surface area contributed by atoms with Gasteiger partial charge in [0.25, 0.3) is 0 Å². The second kappa shape index (κ2) is 3.99. The molecular formula is C13H17FN2O2S. The number of aromatic nitrogens is 1. The summed E-state index contributed by atoms with van der Waals surface area (Å²) in [6, 6.07) is 1.08. The van der Waals surface area contributed by atoms with E-state index in [1.54, 1.807) is 0 Å². The van der Waals surface area contributed by atoms with Crippen molar-refractivity contribution in [3.05, 3.63) is 24.3 Å². The number of sulfonamides is 1. The highest BCUT2D eigenvalue weighted by atomic mass is 32.2. The molecule has 2 aliphatic rings. The fourth-order valence-electron chi connectivity index (χ4n) is 3.06. The van der Waals surface area contributed by atoms with Crippen LogP contribution in [0.15, 0.2) is 23.4 Å². The highest BCUT2D eigenvalue weighted by molar-refractivity contribution is 7.89. The van der Waals surface area contributed by atoms with Gasteiger partial charge in [0.05, 0.1) is 6.20 Å². The molecule has 1 aromatic rings. The summed E-state index contributed by atoms with van der Waals surface area (Å²) in [7, 11) is -3.62. The SMILES string of the molecule is CC1(C)CN(S(=O)(=O)c2cncc(F)c2)C1C1CC1. The summed E-state index contributed by atoms with van der Waals surface area (Å²) in [6.07, 6.45) is 4.40. The molecule has 1 unspecified atom stereocenters. The molecule has 3 rings (SSSR count). The third kappa shape index (κ3) is 2.07. The normalized spacial score (nSPS) is 27.0. The predicted octanol–water partition coefficient (Wildman–Crippen LogP) is 2.03. The maximum absolute atomic E-state index is 13.2. The Kier molecular flexibility index (Phi) is 2.73. The van der Waals surface area contributed by atoms with Crippen LogP contribution in [0.2, 0.25) is 0 Å². The third-order valence-corrected chi connectivity index (χ3v) is 5.82. The summed E-state index contributed by atoms with van der Waals surface area (Å²) in [5.41, 5.74) is 0.00892. The van der Waals surface area contributed by atoms with E-state index in [4.69, 9.17) is 0 Å². The highest BCUT2D eigenvalue weighted by Gasteiger charge is 2.57. The standard InChI is InChI=1S/C13H17FN2O2S/c1-13(2)8-16(12(13)9-3-4-9)19(17,18)11-5-10(14)6-15-7-11/h5-7,9,12H,3-4,8H2,1-2H3. The minimum Gasteiger partial charge on any atom is -0.260 e. The molecule has 1 saturated heterocycles. The van der Waals surface area contributed by atoms with Crippen molar-refractivity contribution in [2.75, 3.05) is 6.54 Å². The lowest BCUT2D eigenvalue weighted by atomic mass is 9.75. The zero-order valence-corrected chi connectivity index (χ0v) is 11.8. The summed E-state index contributed by atoms with van der Waals surface area (Å²) in [4.78, 5) is 3.58. The van der Waals surface area contributed by atoms with Gasteiger partial charge in [-0.1, -0.05) is 13.8 Å². The van der Waals surface area contributed by atoms with Crippen LogP contribution in [0.3, 0.4) is 0 Å². The lowest BCUT2D eigenvalue weighted by molar-refractivity contribution is 0.00609. The quantitative estimate of drug-likeness (QED) is 0.853. The predicted molar refractivity (Wildman–Crippen MR) is 68.4 cm³/mol. The molecule has 1 aliphatic heterocycles. The van der Waals surface area contributed by atoms with Crippen molar-refractivity contribution >= 4 is 10.0 Å². The van der Waals surface area contributed by atoms with Gasteiger partial charge in [-0.2, -0.15) is 4.31 Å². The van der Waals surface area contributed by atoms with Crippen molar-refractivity contribution in [1.82, 2.24) is 9.29 Å². The molecular weight excluding hydrogens is 267 g/mol. The van der Waals surface area contributed by atoms with Crippen LogP contribution in [-0.2, 0) is 10.0 Å². The molecule has 19 heavy (non-hydrogen) atoms. The van der Waals surface area contributed by atoms with Crippen LogP contribution in [-0.4, -0.2) is 30.3 Å². The van der Waals surface area contributed by atoms with E-state index in [0.717, 1.165) is 25.1 Å². The lowest BCUT2D eigenvalue weighted by Crippen LogP contribution is -2.64. The summed E-state index contributed by atoms with van der Waals surface area (Å²) in [5, 5.41) is 0. The Morgan fingerprint density at radius 3 is 2.58 bits per heavy atom. The molecule has 6 heteroatoms. The van der Waals surface area contributed by atoms with Gasteiger partial charge in [-0.25, -0.2) is 12.8 Å². The topological polar surface area (TPSA) is 50.3 Å². The van der Waals surface area contributed by atoms with Gasteiger partial charge in [0.15, 0.2) is 0 Å². The molecule has 0 N–H and O–H groups in total. The van der Waals surface area contributed by atoms with Crippen molar-refractivity contribution < 1.29 is 12.8 Å². The Morgan fingerprint density at radius 1 is 1.37 bits per heavy atom. The lowest BCUT2D eigenvalue weighted by Gasteiger charge is -2.53. The first kappa shape index (κ1) is 13.0. The maximum atomic E-state index is 13.2. The molecule has 1 aromatic heterocycles. The van der Waals surface area contributed by atoms with E-state index in [0.29, 0.717) is 12.5 Å². The summed E-state index contributed by atoms with van der Waals surface area (Å²) in [6.45, 7) is 4.67. The van der Waals surface area contributed by atoms with E-state index in [1.807, 2.05) is 0 Å². The Labute approximate surface area is 112 Å². The van der Waals surface area contributed by atoms with E-state index in [1.165, 1.54) is 10.5 Å². The molecule has 2 heterocycles. The average Bonchev–Trinajstić information content (AvgIpc) is 3.10. The highest BCUT2D eigenvalue weighted by Crippen LogP contribution is 2.51. The minimum absolute atomic E-state index is 0.00892. The Bertz CT molecular complexity index is 611. The van der Waals surface area contributed by atoms with Crippen molar-refractivity contribution in [2.45, 2.75) is 37.6 Å². The van der Waals surface area contributed by atoms with Gasteiger partial charge in [-0.15, -0.1) is 0 Å². The van der Waals surface area contributed by atoms with Gasteiger partial charge >= 0.3 is 0 Å². The Hall–Kier alpha value is -1.01. The van der Waals surface area contributed by atoms with E-state index in [-0.39, 0.29) is 16.4 Å². The molecule has 104 valence electrons. The fraction of sp³-hybridized carbons (Fsp3) is 0.615. The van der Waals surface area contributed by atoms with Crippen LogP contribution >= 0.6 is 0 Å². The number of hydrogen-bond donors (Lipinski definition) is 0. The van der Waals surface area contributed by atoms with Crippen LogP contribution in [0.1, 0.15) is 26.7 Å².